The third kappa shape index (κ3) is 3.55. The van der Waals surface area contributed by atoms with E-state index < -0.39 is 5.91 Å². The van der Waals surface area contributed by atoms with Crippen LogP contribution >= 0.6 is 0 Å². The number of hydrogen-bond acceptors (Lipinski definition) is 3. The molecule has 4 heteroatoms. The minimum absolute atomic E-state index is 0.366. The Kier molecular flexibility index (Phi) is 4.13. The Morgan fingerprint density at radius 2 is 1.95 bits per heavy atom. The molecule has 1 aromatic heterocycles. The van der Waals surface area contributed by atoms with Crippen molar-refractivity contribution in [2.45, 2.75) is 19.8 Å². The highest BCUT2D eigenvalue weighted by Crippen LogP contribution is 2.20. The van der Waals surface area contributed by atoms with Crippen LogP contribution in [-0.4, -0.2) is 10.9 Å². The van der Waals surface area contributed by atoms with Gasteiger partial charge in [0, 0.05) is 12.3 Å². The summed E-state index contributed by atoms with van der Waals surface area (Å²) in [6, 6.07) is 11.1. The molecule has 0 spiro atoms. The number of carbonyl (C=O) groups is 1. The predicted octanol–water partition coefficient (Wildman–Crippen LogP) is 2.93. The number of primary amides is 1. The molecule has 1 amide bonds. The molecule has 2 rings (SSSR count). The largest absolute Gasteiger partial charge is 0.439 e. The van der Waals surface area contributed by atoms with Gasteiger partial charge >= 0.3 is 0 Å². The molecular weight excluding hydrogens is 240 g/mol. The number of amides is 1. The van der Waals surface area contributed by atoms with E-state index in [-0.39, 0.29) is 0 Å². The highest BCUT2D eigenvalue weighted by molar-refractivity contribution is 5.92. The summed E-state index contributed by atoms with van der Waals surface area (Å²) in [5, 5.41) is 0. The lowest BCUT2D eigenvalue weighted by atomic mass is 10.1. The fraction of sp³-hybridized carbons (Fsp3) is 0.200. The van der Waals surface area contributed by atoms with Crippen LogP contribution in [0.3, 0.4) is 0 Å². The summed E-state index contributed by atoms with van der Waals surface area (Å²) in [6.45, 7) is 2.15. The first-order valence-electron chi connectivity index (χ1n) is 6.21. The third-order valence-corrected chi connectivity index (χ3v) is 2.71. The second-order valence-electron chi connectivity index (χ2n) is 4.25. The lowest BCUT2D eigenvalue weighted by Gasteiger charge is -2.06. The molecule has 98 valence electrons. The van der Waals surface area contributed by atoms with Crippen molar-refractivity contribution in [3.8, 4) is 11.6 Å². The molecule has 1 aromatic carbocycles. The van der Waals surface area contributed by atoms with Gasteiger partial charge in [-0.05, 0) is 30.2 Å². The molecule has 2 N–H and O–H groups in total. The first kappa shape index (κ1) is 13.1. The van der Waals surface area contributed by atoms with Crippen LogP contribution in [0.1, 0.15) is 29.3 Å². The molecule has 0 unspecified atom stereocenters. The molecule has 0 fully saturated rings. The number of carbonyl (C=O) groups excluding carboxylic acids is 1. The van der Waals surface area contributed by atoms with Crippen molar-refractivity contribution in [3.63, 3.8) is 0 Å². The first-order valence-corrected chi connectivity index (χ1v) is 6.21. The van der Waals surface area contributed by atoms with Crippen molar-refractivity contribution in [1.29, 1.82) is 0 Å². The Bertz CT molecular complexity index is 547. The van der Waals surface area contributed by atoms with Crippen LogP contribution in [0.5, 0.6) is 11.6 Å². The van der Waals surface area contributed by atoms with Gasteiger partial charge < -0.3 is 10.5 Å². The number of hydrogen-bond donors (Lipinski definition) is 1. The molecule has 2 aromatic rings. The highest BCUT2D eigenvalue weighted by atomic mass is 16.5. The Balaban J connectivity index is 2.06. The number of pyridine rings is 1. The van der Waals surface area contributed by atoms with Crippen LogP contribution in [0, 0.1) is 0 Å². The van der Waals surface area contributed by atoms with Crippen LogP contribution in [0.4, 0.5) is 0 Å². The second kappa shape index (κ2) is 6.00. The molecular formula is C15H16N2O2. The Morgan fingerprint density at radius 3 is 2.47 bits per heavy atom. The number of aromatic nitrogens is 1. The number of nitrogens with zero attached hydrogens (tertiary/aromatic N) is 1. The zero-order chi connectivity index (χ0) is 13.7. The number of rotatable bonds is 5. The third-order valence-electron chi connectivity index (χ3n) is 2.71. The van der Waals surface area contributed by atoms with Gasteiger partial charge in [-0.15, -0.1) is 0 Å². The van der Waals surface area contributed by atoms with Gasteiger partial charge in [0.1, 0.15) is 5.75 Å². The molecule has 0 saturated carbocycles. The fourth-order valence-corrected chi connectivity index (χ4v) is 1.72. The van der Waals surface area contributed by atoms with Gasteiger partial charge in [-0.25, -0.2) is 4.98 Å². The molecule has 1 heterocycles. The molecule has 19 heavy (non-hydrogen) atoms. The van der Waals surface area contributed by atoms with Gasteiger partial charge in [0.05, 0.1) is 5.56 Å². The van der Waals surface area contributed by atoms with Crippen molar-refractivity contribution >= 4 is 5.91 Å². The maximum Gasteiger partial charge on any atom is 0.250 e. The Hall–Kier alpha value is -2.36. The normalized spacial score (nSPS) is 10.2. The van der Waals surface area contributed by atoms with Gasteiger partial charge in [0.15, 0.2) is 0 Å². The quantitative estimate of drug-likeness (QED) is 0.894. The van der Waals surface area contributed by atoms with Crippen molar-refractivity contribution in [3.05, 3.63) is 53.7 Å². The number of aryl methyl sites for hydroxylation is 1. The Morgan fingerprint density at radius 1 is 1.21 bits per heavy atom. The van der Waals surface area contributed by atoms with E-state index in [4.69, 9.17) is 10.5 Å². The number of ether oxygens (including phenoxy) is 1. The SMILES string of the molecule is CCCc1ccc(Oc2ccc(C(N)=O)cn2)cc1. The van der Waals surface area contributed by atoms with Gasteiger partial charge in [-0.2, -0.15) is 0 Å². The van der Waals surface area contributed by atoms with Crippen molar-refractivity contribution in [2.24, 2.45) is 5.73 Å². The van der Waals surface area contributed by atoms with Gasteiger partial charge in [0.2, 0.25) is 11.8 Å². The summed E-state index contributed by atoms with van der Waals surface area (Å²) in [4.78, 5) is 14.9. The maximum absolute atomic E-state index is 10.9. The summed E-state index contributed by atoms with van der Waals surface area (Å²) in [7, 11) is 0. The molecule has 0 radical (unpaired) electrons. The van der Waals surface area contributed by atoms with Crippen molar-refractivity contribution in [2.75, 3.05) is 0 Å². The zero-order valence-corrected chi connectivity index (χ0v) is 10.8. The number of nitrogens with two attached hydrogens (primary N) is 1. The monoisotopic (exact) mass is 256 g/mol. The van der Waals surface area contributed by atoms with Crippen molar-refractivity contribution in [1.82, 2.24) is 4.98 Å². The summed E-state index contributed by atoms with van der Waals surface area (Å²) in [6.07, 6.45) is 3.59. The van der Waals surface area contributed by atoms with E-state index in [2.05, 4.69) is 11.9 Å². The molecule has 0 atom stereocenters. The standard InChI is InChI=1S/C15H16N2O2/c1-2-3-11-4-7-13(8-5-11)19-14-9-6-12(10-17-14)15(16)18/h4-10H,2-3H2,1H3,(H2,16,18). The average molecular weight is 256 g/mol. The molecule has 4 nitrogen and oxygen atoms in total. The van der Waals surface area contributed by atoms with E-state index in [1.54, 1.807) is 12.1 Å². The van der Waals surface area contributed by atoms with E-state index in [1.165, 1.54) is 11.8 Å². The van der Waals surface area contributed by atoms with Crippen LogP contribution in [0.15, 0.2) is 42.6 Å². The van der Waals surface area contributed by atoms with Gasteiger partial charge in [-0.1, -0.05) is 25.5 Å². The molecule has 0 aliphatic rings. The fourth-order valence-electron chi connectivity index (χ4n) is 1.72. The van der Waals surface area contributed by atoms with E-state index in [0.29, 0.717) is 11.4 Å². The van der Waals surface area contributed by atoms with Crippen LogP contribution < -0.4 is 10.5 Å². The van der Waals surface area contributed by atoms with Gasteiger partial charge in [0.25, 0.3) is 0 Å². The maximum atomic E-state index is 10.9. The van der Waals surface area contributed by atoms with E-state index in [9.17, 15) is 4.79 Å². The van der Waals surface area contributed by atoms with E-state index >= 15 is 0 Å². The minimum Gasteiger partial charge on any atom is -0.439 e. The molecule has 0 aliphatic heterocycles. The smallest absolute Gasteiger partial charge is 0.250 e. The van der Waals surface area contributed by atoms with E-state index in [0.717, 1.165) is 18.6 Å². The highest BCUT2D eigenvalue weighted by Gasteiger charge is 2.03. The predicted molar refractivity (Wildman–Crippen MR) is 73.3 cm³/mol. The first-order chi connectivity index (χ1) is 9.19. The molecule has 0 bridgehead atoms. The lowest BCUT2D eigenvalue weighted by molar-refractivity contribution is 0.1000. The summed E-state index contributed by atoms with van der Waals surface area (Å²) >= 11 is 0. The molecule has 0 saturated heterocycles. The zero-order valence-electron chi connectivity index (χ0n) is 10.8. The molecule has 0 aliphatic carbocycles. The number of benzene rings is 1. The van der Waals surface area contributed by atoms with Gasteiger partial charge in [-0.3, -0.25) is 4.79 Å². The van der Waals surface area contributed by atoms with Crippen LogP contribution in [0.2, 0.25) is 0 Å². The van der Waals surface area contributed by atoms with E-state index in [1.807, 2.05) is 24.3 Å². The topological polar surface area (TPSA) is 65.2 Å². The second-order valence-corrected chi connectivity index (χ2v) is 4.25. The lowest BCUT2D eigenvalue weighted by Crippen LogP contribution is -2.10. The van der Waals surface area contributed by atoms with Crippen LogP contribution in [0.25, 0.3) is 0 Å². The van der Waals surface area contributed by atoms with Crippen molar-refractivity contribution < 1.29 is 9.53 Å². The van der Waals surface area contributed by atoms with Crippen LogP contribution in [-0.2, 0) is 6.42 Å². The summed E-state index contributed by atoms with van der Waals surface area (Å²) in [5.41, 5.74) is 6.79. The average Bonchev–Trinajstić information content (AvgIpc) is 2.42. The summed E-state index contributed by atoms with van der Waals surface area (Å²) < 4.78 is 5.58. The minimum atomic E-state index is -0.497. The Labute approximate surface area is 112 Å². The summed E-state index contributed by atoms with van der Waals surface area (Å²) in [5.74, 6) is 0.662.